The van der Waals surface area contributed by atoms with Crippen LogP contribution in [-0.4, -0.2) is 17.5 Å². The molecule has 0 fully saturated rings. The van der Waals surface area contributed by atoms with Crippen LogP contribution in [0.15, 0.2) is 65.9 Å². The van der Waals surface area contributed by atoms with E-state index in [1.807, 2.05) is 30.3 Å². The Kier molecular flexibility index (Phi) is 2.98. The predicted molar refractivity (Wildman–Crippen MR) is 82.0 cm³/mol. The fourth-order valence-electron chi connectivity index (χ4n) is 3.18. The van der Waals surface area contributed by atoms with Gasteiger partial charge in [0, 0.05) is 17.0 Å². The third-order valence-electron chi connectivity index (χ3n) is 4.25. The van der Waals surface area contributed by atoms with Crippen molar-refractivity contribution in [3.05, 3.63) is 82.6 Å². The number of allylic oxidation sites excluding steroid dienone is 2. The molecular weight excluding hydrogens is 292 g/mol. The lowest BCUT2D eigenvalue weighted by molar-refractivity contribution is -0.140. The van der Waals surface area contributed by atoms with Crippen LogP contribution in [0.3, 0.4) is 0 Å². The summed E-state index contributed by atoms with van der Waals surface area (Å²) in [6.45, 7) is 0. The molecule has 0 saturated heterocycles. The number of benzene rings is 2. The number of fused-ring (bicyclic) bond motifs is 1. The third kappa shape index (κ3) is 2.03. The predicted octanol–water partition coefficient (Wildman–Crippen LogP) is 3.05. The number of esters is 1. The minimum atomic E-state index is -0.488. The Morgan fingerprint density at radius 3 is 2.09 bits per heavy atom. The van der Waals surface area contributed by atoms with Crippen LogP contribution in [0.5, 0.6) is 0 Å². The molecule has 2 aliphatic rings. The second-order valence-corrected chi connectivity index (χ2v) is 5.59. The van der Waals surface area contributed by atoms with Crippen molar-refractivity contribution < 1.29 is 19.1 Å². The van der Waals surface area contributed by atoms with Gasteiger partial charge in [0.1, 0.15) is 0 Å². The van der Waals surface area contributed by atoms with E-state index in [9.17, 15) is 14.4 Å². The van der Waals surface area contributed by atoms with Crippen molar-refractivity contribution in [2.75, 3.05) is 0 Å². The van der Waals surface area contributed by atoms with Gasteiger partial charge in [-0.25, -0.2) is 0 Å². The maximum absolute atomic E-state index is 12.9. The first-order valence-corrected chi connectivity index (χ1v) is 7.35. The SMILES string of the molecule is O=C1C[C@H](c2ccccc2)C2=C(O1)C(=O)c1ccccc1C2=O. The largest absolute Gasteiger partial charge is 0.422 e. The van der Waals surface area contributed by atoms with Gasteiger partial charge in [-0.3, -0.25) is 14.4 Å². The van der Waals surface area contributed by atoms with E-state index in [0.717, 1.165) is 5.56 Å². The Hall–Kier alpha value is -3.01. The topological polar surface area (TPSA) is 60.4 Å². The van der Waals surface area contributed by atoms with Gasteiger partial charge in [-0.2, -0.15) is 0 Å². The molecule has 1 atom stereocenters. The van der Waals surface area contributed by atoms with Crippen molar-refractivity contribution in [1.82, 2.24) is 0 Å². The number of rotatable bonds is 1. The summed E-state index contributed by atoms with van der Waals surface area (Å²) in [6.07, 6.45) is 0.0596. The summed E-state index contributed by atoms with van der Waals surface area (Å²) in [5, 5.41) is 0. The van der Waals surface area contributed by atoms with Crippen molar-refractivity contribution in [3.8, 4) is 0 Å². The highest BCUT2D eigenvalue weighted by Crippen LogP contribution is 2.40. The van der Waals surface area contributed by atoms with E-state index in [-0.39, 0.29) is 23.5 Å². The number of carbonyl (C=O) groups excluding carboxylic acids is 3. The minimum absolute atomic E-state index is 0.0596. The highest BCUT2D eigenvalue weighted by molar-refractivity contribution is 6.27. The van der Waals surface area contributed by atoms with Gasteiger partial charge < -0.3 is 4.74 Å². The normalized spacial score (nSPS) is 20.0. The van der Waals surface area contributed by atoms with Crippen molar-refractivity contribution in [1.29, 1.82) is 0 Å². The number of hydrogen-bond acceptors (Lipinski definition) is 4. The number of Topliss-reactive ketones (excluding diaryl/α,β-unsaturated/α-hetero) is 2. The second-order valence-electron chi connectivity index (χ2n) is 5.59. The third-order valence-corrected chi connectivity index (χ3v) is 4.25. The average molecular weight is 304 g/mol. The van der Waals surface area contributed by atoms with Crippen LogP contribution >= 0.6 is 0 Å². The molecule has 0 saturated carbocycles. The lowest BCUT2D eigenvalue weighted by Crippen LogP contribution is -2.32. The zero-order valence-corrected chi connectivity index (χ0v) is 12.1. The van der Waals surface area contributed by atoms with E-state index in [2.05, 4.69) is 0 Å². The number of hydrogen-bond donors (Lipinski definition) is 0. The van der Waals surface area contributed by atoms with Crippen molar-refractivity contribution in [2.45, 2.75) is 12.3 Å². The highest BCUT2D eigenvalue weighted by atomic mass is 16.5. The monoisotopic (exact) mass is 304 g/mol. The van der Waals surface area contributed by atoms with Crippen molar-refractivity contribution in [2.24, 2.45) is 0 Å². The quantitative estimate of drug-likeness (QED) is 0.760. The summed E-state index contributed by atoms with van der Waals surface area (Å²) in [4.78, 5) is 37.5. The molecule has 0 aromatic heterocycles. The summed E-state index contributed by atoms with van der Waals surface area (Å²) >= 11 is 0. The van der Waals surface area contributed by atoms with E-state index >= 15 is 0 Å². The standard InChI is InChI=1S/C19H12O4/c20-15-10-14(11-6-2-1-3-7-11)16-17(21)12-8-4-5-9-13(12)18(22)19(16)23-15/h1-9,14H,10H2/t14-/m1/s1. The Balaban J connectivity index is 1.93. The van der Waals surface area contributed by atoms with Crippen molar-refractivity contribution >= 4 is 17.5 Å². The molecule has 2 aromatic carbocycles. The molecule has 0 spiro atoms. The molecule has 0 N–H and O–H groups in total. The lowest BCUT2D eigenvalue weighted by Gasteiger charge is -2.29. The van der Waals surface area contributed by atoms with E-state index in [0.29, 0.717) is 11.1 Å². The van der Waals surface area contributed by atoms with E-state index < -0.39 is 17.7 Å². The van der Waals surface area contributed by atoms with Crippen LogP contribution in [-0.2, 0) is 9.53 Å². The van der Waals surface area contributed by atoms with E-state index in [1.54, 1.807) is 24.3 Å². The summed E-state index contributed by atoms with van der Waals surface area (Å²) < 4.78 is 5.15. The maximum Gasteiger partial charge on any atom is 0.312 e. The smallest absolute Gasteiger partial charge is 0.312 e. The summed E-state index contributed by atoms with van der Waals surface area (Å²) in [6, 6.07) is 15.9. The molecule has 2 aromatic rings. The first-order valence-electron chi connectivity index (χ1n) is 7.35. The van der Waals surface area contributed by atoms with Crippen LogP contribution in [0.4, 0.5) is 0 Å². The molecule has 0 unspecified atom stereocenters. The molecule has 0 radical (unpaired) electrons. The summed E-state index contributed by atoms with van der Waals surface area (Å²) in [7, 11) is 0. The lowest BCUT2D eigenvalue weighted by atomic mass is 9.77. The van der Waals surface area contributed by atoms with Gasteiger partial charge in [0.2, 0.25) is 5.78 Å². The van der Waals surface area contributed by atoms with Gasteiger partial charge in [0.05, 0.1) is 12.0 Å². The molecule has 0 amide bonds. The van der Waals surface area contributed by atoms with Crippen LogP contribution in [0.25, 0.3) is 0 Å². The van der Waals surface area contributed by atoms with Gasteiger partial charge in [0.15, 0.2) is 11.5 Å². The fourth-order valence-corrected chi connectivity index (χ4v) is 3.18. The molecule has 4 nitrogen and oxygen atoms in total. The minimum Gasteiger partial charge on any atom is -0.422 e. The number of ketones is 2. The number of carbonyl (C=O) groups is 3. The van der Waals surface area contributed by atoms with Gasteiger partial charge >= 0.3 is 5.97 Å². The van der Waals surface area contributed by atoms with Gasteiger partial charge in [-0.05, 0) is 5.56 Å². The average Bonchev–Trinajstić information content (AvgIpc) is 2.59. The second kappa shape index (κ2) is 5.02. The Morgan fingerprint density at radius 2 is 1.39 bits per heavy atom. The number of ether oxygens (including phenoxy) is 1. The Bertz CT molecular complexity index is 877. The van der Waals surface area contributed by atoms with E-state index in [1.165, 1.54) is 0 Å². The zero-order valence-electron chi connectivity index (χ0n) is 12.1. The summed E-state index contributed by atoms with van der Waals surface area (Å²) in [5.74, 6) is -1.69. The summed E-state index contributed by atoms with van der Waals surface area (Å²) in [5.41, 5.74) is 1.78. The van der Waals surface area contributed by atoms with Crippen LogP contribution in [0.1, 0.15) is 38.6 Å². The first kappa shape index (κ1) is 13.6. The van der Waals surface area contributed by atoms with Crippen LogP contribution in [0, 0.1) is 0 Å². The first-order chi connectivity index (χ1) is 11.2. The molecule has 112 valence electrons. The molecule has 4 heteroatoms. The van der Waals surface area contributed by atoms with Gasteiger partial charge in [-0.15, -0.1) is 0 Å². The zero-order chi connectivity index (χ0) is 16.0. The molecule has 0 bridgehead atoms. The fraction of sp³-hybridized carbons (Fsp3) is 0.105. The van der Waals surface area contributed by atoms with Crippen molar-refractivity contribution in [3.63, 3.8) is 0 Å². The Morgan fingerprint density at radius 1 is 0.783 bits per heavy atom. The van der Waals surface area contributed by atoms with Gasteiger partial charge in [-0.1, -0.05) is 54.6 Å². The molecule has 1 heterocycles. The van der Waals surface area contributed by atoms with E-state index in [4.69, 9.17) is 4.74 Å². The van der Waals surface area contributed by atoms with Crippen LogP contribution < -0.4 is 0 Å². The molecular formula is C19H12O4. The highest BCUT2D eigenvalue weighted by Gasteiger charge is 2.42. The van der Waals surface area contributed by atoms with Crippen LogP contribution in [0.2, 0.25) is 0 Å². The molecule has 4 rings (SSSR count). The molecule has 1 aliphatic heterocycles. The Labute approximate surface area is 132 Å². The maximum atomic E-state index is 12.9. The molecule has 23 heavy (non-hydrogen) atoms. The van der Waals surface area contributed by atoms with Gasteiger partial charge in [0.25, 0.3) is 0 Å². The molecule has 1 aliphatic carbocycles.